The van der Waals surface area contributed by atoms with Gasteiger partial charge in [-0.25, -0.2) is 4.79 Å². The maximum atomic E-state index is 12.9. The number of benzene rings is 1. The fraction of sp³-hybridized carbons (Fsp3) is 0.481. The maximum absolute atomic E-state index is 12.9. The van der Waals surface area contributed by atoms with E-state index in [1.54, 1.807) is 25.1 Å². The first-order valence-electron chi connectivity index (χ1n) is 13.0. The number of nitrogens with zero attached hydrogens (tertiary/aromatic N) is 3. The molecule has 8 nitrogen and oxygen atoms in total. The topological polar surface area (TPSA) is 95.3 Å². The first kappa shape index (κ1) is 29.7. The first-order chi connectivity index (χ1) is 18.8. The number of nitrogens with one attached hydrogen (secondary N) is 1. The van der Waals surface area contributed by atoms with Crippen molar-refractivity contribution >= 4 is 63.2 Å². The van der Waals surface area contributed by atoms with Crippen molar-refractivity contribution in [3.63, 3.8) is 0 Å². The minimum atomic E-state index is -0.370. The molecule has 1 atom stereocenters. The van der Waals surface area contributed by atoms with Crippen molar-refractivity contribution in [3.8, 4) is 5.75 Å². The van der Waals surface area contributed by atoms with Crippen molar-refractivity contribution in [1.29, 1.82) is 0 Å². The van der Waals surface area contributed by atoms with Crippen molar-refractivity contribution in [2.24, 2.45) is 5.92 Å². The lowest BCUT2D eigenvalue weighted by molar-refractivity contribution is -0.113. The number of anilines is 1. The summed E-state index contributed by atoms with van der Waals surface area (Å²) in [6.07, 6.45) is 4.15. The number of esters is 1. The smallest absolute Gasteiger partial charge is 0.341 e. The number of hydrogen-bond acceptors (Lipinski definition) is 8. The van der Waals surface area contributed by atoms with E-state index in [0.717, 1.165) is 41.9 Å². The Hall–Kier alpha value is -2.27. The second kappa shape index (κ2) is 13.9. The van der Waals surface area contributed by atoms with Gasteiger partial charge in [0.15, 0.2) is 5.16 Å². The first-order valence-corrected chi connectivity index (χ1v) is 15.6. The van der Waals surface area contributed by atoms with Crippen LogP contribution in [0, 0.1) is 5.92 Å². The minimum Gasteiger partial charge on any atom is -0.492 e. The van der Waals surface area contributed by atoms with E-state index in [4.69, 9.17) is 32.7 Å². The second-order valence-electron chi connectivity index (χ2n) is 9.28. The molecule has 0 radical (unpaired) electrons. The van der Waals surface area contributed by atoms with Crippen molar-refractivity contribution in [2.75, 3.05) is 24.3 Å². The van der Waals surface area contributed by atoms with Gasteiger partial charge in [0.2, 0.25) is 5.91 Å². The Morgan fingerprint density at radius 1 is 1.26 bits per heavy atom. The summed E-state index contributed by atoms with van der Waals surface area (Å²) in [7, 11) is 0. The molecule has 0 aliphatic heterocycles. The van der Waals surface area contributed by atoms with Gasteiger partial charge in [0.1, 0.15) is 16.6 Å². The van der Waals surface area contributed by atoms with Gasteiger partial charge in [-0.3, -0.25) is 4.79 Å². The van der Waals surface area contributed by atoms with Gasteiger partial charge in [0.05, 0.1) is 29.6 Å². The molecule has 2 aromatic heterocycles. The number of thioether (sulfide) groups is 1. The fourth-order valence-corrected chi connectivity index (χ4v) is 7.18. The van der Waals surface area contributed by atoms with Gasteiger partial charge < -0.3 is 19.4 Å². The lowest BCUT2D eigenvalue weighted by Crippen LogP contribution is -2.18. The van der Waals surface area contributed by atoms with Crippen LogP contribution in [0.1, 0.15) is 60.2 Å². The number of amides is 1. The molecule has 2 heterocycles. The number of halogens is 2. The zero-order chi connectivity index (χ0) is 27.9. The van der Waals surface area contributed by atoms with E-state index in [2.05, 4.69) is 22.4 Å². The Labute approximate surface area is 246 Å². The quantitative estimate of drug-likeness (QED) is 0.138. The Balaban J connectivity index is 1.34. The van der Waals surface area contributed by atoms with Crippen molar-refractivity contribution in [2.45, 2.75) is 64.6 Å². The molecule has 12 heteroatoms. The third kappa shape index (κ3) is 7.48. The Morgan fingerprint density at radius 3 is 2.82 bits per heavy atom. The predicted octanol–water partition coefficient (Wildman–Crippen LogP) is 6.71. The number of hydrogen-bond donors (Lipinski definition) is 1. The van der Waals surface area contributed by atoms with Gasteiger partial charge in [-0.15, -0.1) is 21.5 Å². The molecule has 1 aliphatic rings. The molecule has 210 valence electrons. The van der Waals surface area contributed by atoms with E-state index in [9.17, 15) is 9.59 Å². The normalized spacial score (nSPS) is 14.6. The zero-order valence-electron chi connectivity index (χ0n) is 22.2. The van der Waals surface area contributed by atoms with Gasteiger partial charge in [0.25, 0.3) is 0 Å². The van der Waals surface area contributed by atoms with Crippen molar-refractivity contribution < 1.29 is 19.1 Å². The summed E-state index contributed by atoms with van der Waals surface area (Å²) >= 11 is 14.9. The second-order valence-corrected chi connectivity index (χ2v) is 12.2. The number of thiophene rings is 1. The van der Waals surface area contributed by atoms with Crippen LogP contribution < -0.4 is 10.1 Å². The van der Waals surface area contributed by atoms with Gasteiger partial charge in [-0.2, -0.15) is 0 Å². The van der Waals surface area contributed by atoms with Crippen LogP contribution in [0.2, 0.25) is 10.0 Å². The molecule has 0 saturated carbocycles. The van der Waals surface area contributed by atoms with E-state index in [1.165, 1.54) is 23.1 Å². The number of carbonyl (C=O) groups excluding carboxylic acids is 2. The molecular formula is C27H32Cl2N4O4S2. The highest BCUT2D eigenvalue weighted by atomic mass is 35.5. The van der Waals surface area contributed by atoms with E-state index < -0.39 is 0 Å². The molecule has 0 spiro atoms. The molecule has 0 saturated heterocycles. The highest BCUT2D eigenvalue weighted by Crippen LogP contribution is 2.40. The molecule has 3 aromatic rings. The Morgan fingerprint density at radius 2 is 2.08 bits per heavy atom. The van der Waals surface area contributed by atoms with E-state index in [0.29, 0.717) is 63.6 Å². The maximum Gasteiger partial charge on any atom is 0.341 e. The van der Waals surface area contributed by atoms with Crippen LogP contribution in [0.15, 0.2) is 23.4 Å². The summed E-state index contributed by atoms with van der Waals surface area (Å²) in [4.78, 5) is 26.8. The number of fused-ring (bicyclic) bond motifs is 1. The Bertz CT molecular complexity index is 1330. The van der Waals surface area contributed by atoms with Crippen LogP contribution >= 0.6 is 46.3 Å². The number of aromatic nitrogens is 3. The molecule has 0 bridgehead atoms. The van der Waals surface area contributed by atoms with Crippen LogP contribution in [0.4, 0.5) is 5.00 Å². The number of rotatable bonds is 12. The molecule has 4 rings (SSSR count). The van der Waals surface area contributed by atoms with Crippen LogP contribution in [0.5, 0.6) is 5.75 Å². The molecule has 1 amide bonds. The average molecular weight is 612 g/mol. The lowest BCUT2D eigenvalue weighted by Gasteiger charge is -2.18. The van der Waals surface area contributed by atoms with Gasteiger partial charge >= 0.3 is 5.97 Å². The monoisotopic (exact) mass is 610 g/mol. The molecule has 1 N–H and O–H groups in total. The summed E-state index contributed by atoms with van der Waals surface area (Å²) in [6.45, 7) is 7.45. The summed E-state index contributed by atoms with van der Waals surface area (Å²) in [5, 5.41) is 13.9. The standard InChI is InChI=1S/C27H32Cl2N4O4S2/c1-4-33-22(7-6-12-37-20-11-9-17(28)14-19(20)29)31-32-27(33)38-15-23(34)30-25-24(26(35)36-5-2)18-10-8-16(3)13-21(18)39-25/h9,11,14,16H,4-8,10,12-13,15H2,1-3H3,(H,30,34). The van der Waals surface area contributed by atoms with E-state index >= 15 is 0 Å². The summed E-state index contributed by atoms with van der Waals surface area (Å²) in [5.74, 6) is 1.56. The summed E-state index contributed by atoms with van der Waals surface area (Å²) < 4.78 is 13.1. The van der Waals surface area contributed by atoms with Crippen LogP contribution in [0.25, 0.3) is 0 Å². The molecule has 1 unspecified atom stereocenters. The van der Waals surface area contributed by atoms with Gasteiger partial charge in [-0.05, 0) is 69.2 Å². The van der Waals surface area contributed by atoms with E-state index in [-0.39, 0.29) is 17.6 Å². The van der Waals surface area contributed by atoms with Crippen LogP contribution in [0.3, 0.4) is 0 Å². The van der Waals surface area contributed by atoms with E-state index in [1.807, 2.05) is 11.5 Å². The molecule has 1 aromatic carbocycles. The Kier molecular flexibility index (Phi) is 10.6. The molecule has 39 heavy (non-hydrogen) atoms. The molecule has 1 aliphatic carbocycles. The van der Waals surface area contributed by atoms with Crippen LogP contribution in [-0.4, -0.2) is 45.6 Å². The highest BCUT2D eigenvalue weighted by Gasteiger charge is 2.29. The summed E-state index contributed by atoms with van der Waals surface area (Å²) in [6, 6.07) is 5.14. The van der Waals surface area contributed by atoms with Crippen molar-refractivity contribution in [3.05, 3.63) is 50.1 Å². The molecular weight excluding hydrogens is 579 g/mol. The van der Waals surface area contributed by atoms with Gasteiger partial charge in [0, 0.05) is 22.9 Å². The van der Waals surface area contributed by atoms with Gasteiger partial charge in [-0.1, -0.05) is 41.9 Å². The third-order valence-corrected chi connectivity index (χ3v) is 9.05. The average Bonchev–Trinajstić information content (AvgIpc) is 3.46. The van der Waals surface area contributed by atoms with Crippen molar-refractivity contribution in [1.82, 2.24) is 14.8 Å². The zero-order valence-corrected chi connectivity index (χ0v) is 25.4. The number of aryl methyl sites for hydroxylation is 1. The minimum absolute atomic E-state index is 0.150. The highest BCUT2D eigenvalue weighted by molar-refractivity contribution is 7.99. The largest absolute Gasteiger partial charge is 0.492 e. The number of carbonyl (C=O) groups is 2. The summed E-state index contributed by atoms with van der Waals surface area (Å²) in [5.41, 5.74) is 1.54. The lowest BCUT2D eigenvalue weighted by atomic mass is 9.88. The predicted molar refractivity (Wildman–Crippen MR) is 157 cm³/mol. The number of ether oxygens (including phenoxy) is 2. The SMILES string of the molecule is CCOC(=O)c1c(NC(=O)CSc2nnc(CCCOc3ccc(Cl)cc3Cl)n2CC)sc2c1CCC(C)C2. The fourth-order valence-electron chi connectivity index (χ4n) is 4.48. The third-order valence-electron chi connectivity index (χ3n) is 6.38. The molecule has 0 fully saturated rings. The van der Waals surface area contributed by atoms with Crippen LogP contribution in [-0.2, 0) is 35.3 Å².